The Kier molecular flexibility index (Phi) is 6.78. The van der Waals surface area contributed by atoms with Crippen molar-refractivity contribution < 1.29 is 4.42 Å². The van der Waals surface area contributed by atoms with Crippen molar-refractivity contribution in [3.63, 3.8) is 0 Å². The molecule has 51 heavy (non-hydrogen) atoms. The molecule has 0 radical (unpaired) electrons. The number of nitrogens with zero attached hydrogens (tertiary/aromatic N) is 3. The summed E-state index contributed by atoms with van der Waals surface area (Å²) in [5.74, 6) is 1.85. The summed E-state index contributed by atoms with van der Waals surface area (Å²) in [4.78, 5) is 15.3. The third-order valence-electron chi connectivity index (χ3n) is 9.71. The molecule has 0 fully saturated rings. The van der Waals surface area contributed by atoms with E-state index in [1.54, 1.807) is 0 Å². The van der Waals surface area contributed by atoms with E-state index in [9.17, 15) is 0 Å². The first-order valence-electron chi connectivity index (χ1n) is 17.1. The van der Waals surface area contributed by atoms with Crippen LogP contribution >= 0.6 is 0 Å². The molecular formula is C47H29N3O. The van der Waals surface area contributed by atoms with Crippen LogP contribution in [0.25, 0.3) is 99.9 Å². The number of hydrogen-bond acceptors (Lipinski definition) is 4. The fourth-order valence-corrected chi connectivity index (χ4v) is 7.23. The third kappa shape index (κ3) is 5.04. The minimum Gasteiger partial charge on any atom is -0.455 e. The maximum Gasteiger partial charge on any atom is 0.164 e. The van der Waals surface area contributed by atoms with Gasteiger partial charge in [0.05, 0.1) is 0 Å². The highest BCUT2D eigenvalue weighted by Gasteiger charge is 2.21. The standard InChI is InChI=1S/C47H29N3O/c1-3-12-30(13-4-1)32-22-25-33(26-23-32)42-38-19-10-9-18-36(38)29-40-43-39(20-11-21-41(43)51-44(40)42)47-49-45(34-15-5-2-6-16-34)48-46(50-47)37-27-24-31-14-7-8-17-35(31)28-37/h1-29H. The van der Waals surface area contributed by atoms with Gasteiger partial charge in [0.2, 0.25) is 0 Å². The summed E-state index contributed by atoms with van der Waals surface area (Å²) in [7, 11) is 0. The molecular weight excluding hydrogens is 623 g/mol. The van der Waals surface area contributed by atoms with E-state index in [0.29, 0.717) is 17.5 Å². The van der Waals surface area contributed by atoms with E-state index in [2.05, 4.69) is 127 Å². The number of hydrogen-bond donors (Lipinski definition) is 0. The lowest BCUT2D eigenvalue weighted by molar-refractivity contribution is 0.670. The van der Waals surface area contributed by atoms with Gasteiger partial charge in [0.25, 0.3) is 0 Å². The summed E-state index contributed by atoms with van der Waals surface area (Å²) < 4.78 is 6.83. The van der Waals surface area contributed by atoms with Crippen molar-refractivity contribution in [3.05, 3.63) is 176 Å². The zero-order valence-electron chi connectivity index (χ0n) is 27.5. The quantitative estimate of drug-likeness (QED) is 0.186. The number of rotatable bonds is 5. The predicted molar refractivity (Wildman–Crippen MR) is 209 cm³/mol. The first-order valence-corrected chi connectivity index (χ1v) is 17.1. The summed E-state index contributed by atoms with van der Waals surface area (Å²) in [6, 6.07) is 61.0. The van der Waals surface area contributed by atoms with Gasteiger partial charge in [0.15, 0.2) is 17.5 Å². The Morgan fingerprint density at radius 1 is 0.353 bits per heavy atom. The number of fused-ring (bicyclic) bond motifs is 5. The Morgan fingerprint density at radius 2 is 0.941 bits per heavy atom. The van der Waals surface area contributed by atoms with E-state index in [1.807, 2.05) is 48.5 Å². The Balaban J connectivity index is 1.21. The number of benzene rings is 8. The molecule has 2 aromatic heterocycles. The SMILES string of the molecule is c1ccc(-c2ccc(-c3c4ccccc4cc4c3oc3cccc(-c5nc(-c6ccccc6)nc(-c6ccc7ccccc7c6)n5)c34)cc2)cc1. The number of furan rings is 1. The first kappa shape index (κ1) is 29.0. The minimum atomic E-state index is 0.599. The van der Waals surface area contributed by atoms with Crippen molar-refractivity contribution in [2.45, 2.75) is 0 Å². The molecule has 4 nitrogen and oxygen atoms in total. The number of aromatic nitrogens is 3. The van der Waals surface area contributed by atoms with Gasteiger partial charge in [0, 0.05) is 33.0 Å². The second kappa shape index (κ2) is 11.9. The minimum absolute atomic E-state index is 0.599. The van der Waals surface area contributed by atoms with E-state index in [-0.39, 0.29) is 0 Å². The average Bonchev–Trinajstić information content (AvgIpc) is 3.58. The van der Waals surface area contributed by atoms with Gasteiger partial charge >= 0.3 is 0 Å². The third-order valence-corrected chi connectivity index (χ3v) is 9.71. The Labute approximate surface area is 294 Å². The zero-order chi connectivity index (χ0) is 33.7. The monoisotopic (exact) mass is 651 g/mol. The van der Waals surface area contributed by atoms with Crippen LogP contribution < -0.4 is 0 Å². The van der Waals surface area contributed by atoms with Crippen LogP contribution in [-0.2, 0) is 0 Å². The largest absolute Gasteiger partial charge is 0.455 e. The normalized spacial score (nSPS) is 11.5. The smallest absolute Gasteiger partial charge is 0.164 e. The van der Waals surface area contributed by atoms with Gasteiger partial charge in [-0.15, -0.1) is 0 Å². The predicted octanol–water partition coefficient (Wildman–Crippen LogP) is 12.4. The van der Waals surface area contributed by atoms with Crippen LogP contribution in [0.4, 0.5) is 0 Å². The lowest BCUT2D eigenvalue weighted by Crippen LogP contribution is -2.00. The molecule has 8 aromatic carbocycles. The fraction of sp³-hybridized carbons (Fsp3) is 0. The molecule has 0 bridgehead atoms. The molecule has 0 amide bonds. The van der Waals surface area contributed by atoms with Gasteiger partial charge in [0.1, 0.15) is 11.2 Å². The molecule has 4 heteroatoms. The fourth-order valence-electron chi connectivity index (χ4n) is 7.23. The van der Waals surface area contributed by atoms with E-state index in [4.69, 9.17) is 19.4 Å². The van der Waals surface area contributed by atoms with Crippen molar-refractivity contribution in [3.8, 4) is 56.4 Å². The highest BCUT2D eigenvalue weighted by Crippen LogP contribution is 2.44. The van der Waals surface area contributed by atoms with Crippen LogP contribution in [0.5, 0.6) is 0 Å². The summed E-state index contributed by atoms with van der Waals surface area (Å²) in [6.45, 7) is 0. The summed E-state index contributed by atoms with van der Waals surface area (Å²) in [5, 5.41) is 6.60. The van der Waals surface area contributed by atoms with Gasteiger partial charge in [-0.2, -0.15) is 0 Å². The molecule has 238 valence electrons. The van der Waals surface area contributed by atoms with Crippen molar-refractivity contribution in [2.24, 2.45) is 0 Å². The first-order chi connectivity index (χ1) is 25.3. The van der Waals surface area contributed by atoms with Crippen LogP contribution in [0, 0.1) is 0 Å². The molecule has 0 aliphatic rings. The van der Waals surface area contributed by atoms with Crippen LogP contribution in [0.3, 0.4) is 0 Å². The van der Waals surface area contributed by atoms with Crippen LogP contribution in [0.2, 0.25) is 0 Å². The summed E-state index contributed by atoms with van der Waals surface area (Å²) in [5.41, 5.74) is 8.93. The maximum absolute atomic E-state index is 6.83. The van der Waals surface area contributed by atoms with Gasteiger partial charge < -0.3 is 4.42 Å². The molecule has 0 unspecified atom stereocenters. The lowest BCUT2D eigenvalue weighted by atomic mass is 9.93. The molecule has 10 rings (SSSR count). The van der Waals surface area contributed by atoms with Gasteiger partial charge in [-0.3, -0.25) is 0 Å². The molecule has 0 saturated heterocycles. The molecule has 0 spiro atoms. The van der Waals surface area contributed by atoms with Gasteiger partial charge in [-0.25, -0.2) is 15.0 Å². The maximum atomic E-state index is 6.83. The summed E-state index contributed by atoms with van der Waals surface area (Å²) >= 11 is 0. The highest BCUT2D eigenvalue weighted by molar-refractivity contribution is 6.21. The van der Waals surface area contributed by atoms with E-state index in [1.165, 1.54) is 16.5 Å². The molecule has 0 N–H and O–H groups in total. The molecule has 2 heterocycles. The second-order valence-corrected chi connectivity index (χ2v) is 12.8. The highest BCUT2D eigenvalue weighted by atomic mass is 16.3. The van der Waals surface area contributed by atoms with Crippen molar-refractivity contribution in [2.75, 3.05) is 0 Å². The zero-order valence-corrected chi connectivity index (χ0v) is 27.5. The van der Waals surface area contributed by atoms with Gasteiger partial charge in [-0.1, -0.05) is 158 Å². The Morgan fingerprint density at radius 3 is 1.73 bits per heavy atom. The summed E-state index contributed by atoms with van der Waals surface area (Å²) in [6.07, 6.45) is 0. The average molecular weight is 652 g/mol. The van der Waals surface area contributed by atoms with Crippen LogP contribution in [0.15, 0.2) is 180 Å². The molecule has 0 aliphatic heterocycles. The van der Waals surface area contributed by atoms with Crippen LogP contribution in [0.1, 0.15) is 0 Å². The van der Waals surface area contributed by atoms with E-state index >= 15 is 0 Å². The topological polar surface area (TPSA) is 51.8 Å². The van der Waals surface area contributed by atoms with Crippen molar-refractivity contribution >= 4 is 43.5 Å². The Bertz CT molecular complexity index is 2900. The van der Waals surface area contributed by atoms with Crippen molar-refractivity contribution in [1.29, 1.82) is 0 Å². The van der Waals surface area contributed by atoms with Gasteiger partial charge in [-0.05, 0) is 56.4 Å². The lowest BCUT2D eigenvalue weighted by Gasteiger charge is -2.11. The van der Waals surface area contributed by atoms with E-state index < -0.39 is 0 Å². The molecule has 0 aliphatic carbocycles. The molecule has 0 atom stereocenters. The second-order valence-electron chi connectivity index (χ2n) is 12.8. The molecule has 10 aromatic rings. The van der Waals surface area contributed by atoms with E-state index in [0.717, 1.165) is 65.9 Å². The van der Waals surface area contributed by atoms with Crippen molar-refractivity contribution in [1.82, 2.24) is 15.0 Å². The Hall–Kier alpha value is -6.91. The molecule has 0 saturated carbocycles. The van der Waals surface area contributed by atoms with Crippen LogP contribution in [-0.4, -0.2) is 15.0 Å².